The Kier molecular flexibility index (Phi) is 7.32. The lowest BCUT2D eigenvalue weighted by molar-refractivity contribution is -0.120. The molecule has 9 heteroatoms. The van der Waals surface area contributed by atoms with Crippen LogP contribution in [0.3, 0.4) is 0 Å². The van der Waals surface area contributed by atoms with Gasteiger partial charge in [-0.3, -0.25) is 4.79 Å². The topological polar surface area (TPSA) is 67.2 Å². The number of carbonyl (C=O) groups is 1. The van der Waals surface area contributed by atoms with Crippen LogP contribution in [-0.2, 0) is 17.6 Å². The van der Waals surface area contributed by atoms with Gasteiger partial charge in [0.2, 0.25) is 5.91 Å². The van der Waals surface area contributed by atoms with Crippen LogP contribution >= 0.6 is 45.9 Å². The maximum atomic E-state index is 12.3. The highest BCUT2D eigenvalue weighted by Gasteiger charge is 2.10. The highest BCUT2D eigenvalue weighted by molar-refractivity contribution is 7.13. The van der Waals surface area contributed by atoms with E-state index >= 15 is 0 Å². The minimum absolute atomic E-state index is 0.151. The zero-order chi connectivity index (χ0) is 22.5. The molecule has 0 atom stereocenters. The van der Waals surface area contributed by atoms with E-state index in [1.807, 2.05) is 60.8 Å². The molecule has 0 fully saturated rings. The fourth-order valence-electron chi connectivity index (χ4n) is 2.95. The van der Waals surface area contributed by atoms with Crippen LogP contribution in [-0.4, -0.2) is 22.1 Å². The summed E-state index contributed by atoms with van der Waals surface area (Å²) in [6.45, 7) is 1.93. The van der Waals surface area contributed by atoms with Crippen LogP contribution in [0.15, 0.2) is 59.0 Å². The third kappa shape index (κ3) is 6.01. The molecule has 0 spiro atoms. The van der Waals surface area contributed by atoms with Crippen molar-refractivity contribution < 1.29 is 4.79 Å². The molecule has 0 aliphatic heterocycles. The molecule has 0 aliphatic rings. The second-order valence-corrected chi connectivity index (χ2v) is 9.83. The third-order valence-corrected chi connectivity index (χ3v) is 7.00. The number of benzene rings is 2. The Hall–Kier alpha value is -2.58. The maximum absolute atomic E-state index is 12.3. The zero-order valence-corrected chi connectivity index (χ0v) is 20.2. The molecule has 2 aromatic carbocycles. The van der Waals surface area contributed by atoms with E-state index in [-0.39, 0.29) is 12.3 Å². The van der Waals surface area contributed by atoms with Crippen molar-refractivity contribution in [2.24, 2.45) is 5.10 Å². The van der Waals surface area contributed by atoms with Gasteiger partial charge in [-0.1, -0.05) is 47.5 Å². The number of nitrogens with zero attached hydrogens (tertiary/aromatic N) is 3. The fourth-order valence-corrected chi connectivity index (χ4v) is 5.05. The van der Waals surface area contributed by atoms with Crippen molar-refractivity contribution in [3.8, 4) is 10.6 Å². The smallest absolute Gasteiger partial charge is 0.246 e. The van der Waals surface area contributed by atoms with E-state index in [1.165, 1.54) is 11.3 Å². The van der Waals surface area contributed by atoms with E-state index in [9.17, 15) is 4.79 Å². The molecule has 2 heterocycles. The number of thiazole rings is 2. The molecule has 0 aliphatic carbocycles. The Morgan fingerprint density at radius 2 is 1.94 bits per heavy atom. The number of hydrazone groups is 1. The predicted octanol–water partition coefficient (Wildman–Crippen LogP) is 6.17. The van der Waals surface area contributed by atoms with Gasteiger partial charge in [0.25, 0.3) is 0 Å². The summed E-state index contributed by atoms with van der Waals surface area (Å²) < 4.78 is 0. The van der Waals surface area contributed by atoms with Crippen LogP contribution in [0.2, 0.25) is 10.0 Å². The van der Waals surface area contributed by atoms with Crippen LogP contribution in [0.5, 0.6) is 0 Å². The van der Waals surface area contributed by atoms with Crippen molar-refractivity contribution in [3.63, 3.8) is 0 Å². The Balaban J connectivity index is 1.33. The van der Waals surface area contributed by atoms with Gasteiger partial charge in [-0.05, 0) is 36.8 Å². The molecule has 0 saturated carbocycles. The number of aryl methyl sites for hydroxylation is 1. The molecule has 2 aromatic heterocycles. The predicted molar refractivity (Wildman–Crippen MR) is 133 cm³/mol. The summed E-state index contributed by atoms with van der Waals surface area (Å²) in [5.41, 5.74) is 6.21. The Bertz CT molecular complexity index is 1270. The van der Waals surface area contributed by atoms with E-state index < -0.39 is 0 Å². The molecule has 0 bridgehead atoms. The summed E-state index contributed by atoms with van der Waals surface area (Å²) >= 11 is 15.0. The summed E-state index contributed by atoms with van der Waals surface area (Å²) in [4.78, 5) is 22.3. The highest BCUT2D eigenvalue weighted by atomic mass is 35.5. The van der Waals surface area contributed by atoms with E-state index in [4.69, 9.17) is 23.2 Å². The van der Waals surface area contributed by atoms with Gasteiger partial charge in [-0.25, -0.2) is 15.4 Å². The number of rotatable bonds is 7. The van der Waals surface area contributed by atoms with Crippen molar-refractivity contribution in [3.05, 3.63) is 90.8 Å². The van der Waals surface area contributed by atoms with Gasteiger partial charge >= 0.3 is 0 Å². The average molecular weight is 501 g/mol. The molecule has 0 radical (unpaired) electrons. The number of hydrogen-bond donors (Lipinski definition) is 1. The summed E-state index contributed by atoms with van der Waals surface area (Å²) in [5, 5.41) is 9.14. The largest absolute Gasteiger partial charge is 0.273 e. The van der Waals surface area contributed by atoms with Gasteiger partial charge in [0.05, 0.1) is 33.9 Å². The Morgan fingerprint density at radius 1 is 1.12 bits per heavy atom. The lowest BCUT2D eigenvalue weighted by Gasteiger charge is -1.98. The minimum Gasteiger partial charge on any atom is -0.273 e. The second-order valence-electron chi connectivity index (χ2n) is 6.98. The van der Waals surface area contributed by atoms with Crippen molar-refractivity contribution in [2.75, 3.05) is 0 Å². The highest BCUT2D eigenvalue weighted by Crippen LogP contribution is 2.26. The molecule has 162 valence electrons. The van der Waals surface area contributed by atoms with Crippen LogP contribution in [0.4, 0.5) is 0 Å². The van der Waals surface area contributed by atoms with Crippen LogP contribution in [0.1, 0.15) is 26.8 Å². The SMILES string of the molecule is Cc1nc(Cc2ccc(Cl)cc2)sc1/C=N\NC(=O)Cc1csc(-c2cccc(Cl)c2)n1. The third-order valence-electron chi connectivity index (χ3n) is 4.48. The van der Waals surface area contributed by atoms with Crippen LogP contribution in [0.25, 0.3) is 10.6 Å². The van der Waals surface area contributed by atoms with E-state index in [1.54, 1.807) is 17.6 Å². The number of halogens is 2. The Labute approximate surface area is 203 Å². The minimum atomic E-state index is -0.229. The van der Waals surface area contributed by atoms with E-state index in [2.05, 4.69) is 20.5 Å². The van der Waals surface area contributed by atoms with Crippen molar-refractivity contribution in [1.29, 1.82) is 0 Å². The number of hydrogen-bond acceptors (Lipinski definition) is 6. The first-order chi connectivity index (χ1) is 15.5. The van der Waals surface area contributed by atoms with Crippen molar-refractivity contribution in [2.45, 2.75) is 19.8 Å². The first kappa shape index (κ1) is 22.6. The van der Waals surface area contributed by atoms with Gasteiger partial charge in [-0.2, -0.15) is 5.10 Å². The van der Waals surface area contributed by atoms with E-state index in [0.717, 1.165) is 38.1 Å². The molecule has 4 aromatic rings. The monoisotopic (exact) mass is 500 g/mol. The Morgan fingerprint density at radius 3 is 2.72 bits per heavy atom. The molecule has 1 N–H and O–H groups in total. The average Bonchev–Trinajstić information content (AvgIpc) is 3.36. The molecule has 32 heavy (non-hydrogen) atoms. The summed E-state index contributed by atoms with van der Waals surface area (Å²) in [5.74, 6) is -0.229. The summed E-state index contributed by atoms with van der Waals surface area (Å²) in [6, 6.07) is 15.2. The number of amides is 1. The molecule has 0 saturated heterocycles. The standard InChI is InChI=1S/C23H18Cl2N4OS2/c1-14-20(32-22(27-14)9-15-5-7-17(24)8-6-15)12-26-29-21(30)11-19-13-31-23(28-19)16-3-2-4-18(25)10-16/h2-8,10,12-13H,9,11H2,1H3,(H,29,30)/b26-12-. The van der Waals surface area contributed by atoms with Crippen LogP contribution < -0.4 is 5.43 Å². The quantitative estimate of drug-likeness (QED) is 0.243. The number of nitrogens with one attached hydrogen (secondary N) is 1. The molecular weight excluding hydrogens is 483 g/mol. The lowest BCUT2D eigenvalue weighted by atomic mass is 10.2. The van der Waals surface area contributed by atoms with Crippen molar-refractivity contribution >= 4 is 58.0 Å². The van der Waals surface area contributed by atoms with E-state index in [0.29, 0.717) is 15.7 Å². The van der Waals surface area contributed by atoms with Gasteiger partial charge < -0.3 is 0 Å². The summed E-state index contributed by atoms with van der Waals surface area (Å²) in [7, 11) is 0. The maximum Gasteiger partial charge on any atom is 0.246 e. The lowest BCUT2D eigenvalue weighted by Crippen LogP contribution is -2.19. The fraction of sp³-hybridized carbons (Fsp3) is 0.130. The van der Waals surface area contributed by atoms with Crippen LogP contribution in [0, 0.1) is 6.92 Å². The molecule has 5 nitrogen and oxygen atoms in total. The van der Waals surface area contributed by atoms with Gasteiger partial charge in [0.15, 0.2) is 0 Å². The van der Waals surface area contributed by atoms with Gasteiger partial charge in [0, 0.05) is 27.4 Å². The molecular formula is C23H18Cl2N4OS2. The first-order valence-electron chi connectivity index (χ1n) is 9.69. The van der Waals surface area contributed by atoms with Gasteiger partial charge in [-0.15, -0.1) is 22.7 Å². The summed E-state index contributed by atoms with van der Waals surface area (Å²) in [6.07, 6.45) is 2.51. The molecule has 1 amide bonds. The number of carbonyl (C=O) groups excluding carboxylic acids is 1. The number of aromatic nitrogens is 2. The first-order valence-corrected chi connectivity index (χ1v) is 12.1. The zero-order valence-electron chi connectivity index (χ0n) is 17.0. The second kappa shape index (κ2) is 10.4. The molecule has 0 unspecified atom stereocenters. The normalized spacial score (nSPS) is 11.2. The molecule has 4 rings (SSSR count). The van der Waals surface area contributed by atoms with Crippen molar-refractivity contribution in [1.82, 2.24) is 15.4 Å². The van der Waals surface area contributed by atoms with Gasteiger partial charge in [0.1, 0.15) is 5.01 Å².